The lowest BCUT2D eigenvalue weighted by Gasteiger charge is -1.93. The van der Waals surface area contributed by atoms with E-state index in [4.69, 9.17) is 9.90 Å². The number of aldehydes is 1. The van der Waals surface area contributed by atoms with Crippen molar-refractivity contribution in [2.45, 2.75) is 13.1 Å². The molecule has 1 rings (SSSR count). The van der Waals surface area contributed by atoms with Crippen molar-refractivity contribution in [2.24, 2.45) is 0 Å². The lowest BCUT2D eigenvalue weighted by molar-refractivity contribution is -0.192. The number of rotatable bonds is 1. The minimum absolute atomic E-state index is 0.775. The topological polar surface area (TPSA) is 54.4 Å². The van der Waals surface area contributed by atoms with Crippen LogP contribution in [0.15, 0.2) is 24.3 Å². The predicted octanol–water partition coefficient (Wildman–Crippen LogP) is 2.44. The second-order valence-electron chi connectivity index (χ2n) is 2.78. The lowest BCUT2D eigenvalue weighted by Crippen LogP contribution is -2.21. The molecular weight excluding hydrogens is 225 g/mol. The molecular formula is C10H9F3O3. The standard InChI is InChI=1S/C8H8O.C2HF3O2/c1-7-4-2-3-5-8(7)6-9;3-2(4,5)1(6)7/h2-6H,1H3;(H,6,7). The molecule has 1 aromatic rings. The molecule has 0 aromatic heterocycles. The zero-order valence-corrected chi connectivity index (χ0v) is 8.28. The van der Waals surface area contributed by atoms with Gasteiger partial charge in [0, 0.05) is 5.56 Å². The summed E-state index contributed by atoms with van der Waals surface area (Å²) in [6, 6.07) is 7.51. The number of hydrogen-bond acceptors (Lipinski definition) is 2. The first-order valence-corrected chi connectivity index (χ1v) is 4.10. The van der Waals surface area contributed by atoms with Gasteiger partial charge in [-0.3, -0.25) is 4.79 Å². The molecule has 1 N–H and O–H groups in total. The number of aryl methyl sites for hydroxylation is 1. The van der Waals surface area contributed by atoms with Gasteiger partial charge in [0.25, 0.3) is 0 Å². The third-order valence-corrected chi connectivity index (χ3v) is 1.56. The van der Waals surface area contributed by atoms with Crippen LogP contribution in [0.2, 0.25) is 0 Å². The molecule has 0 unspecified atom stereocenters. The maximum absolute atomic E-state index is 10.6. The van der Waals surface area contributed by atoms with Crippen LogP contribution in [0.4, 0.5) is 13.2 Å². The number of carbonyl (C=O) groups is 2. The number of aliphatic carboxylic acids is 1. The van der Waals surface area contributed by atoms with Gasteiger partial charge in [-0.25, -0.2) is 4.79 Å². The van der Waals surface area contributed by atoms with Gasteiger partial charge in [-0.15, -0.1) is 0 Å². The third kappa shape index (κ3) is 5.14. The molecule has 0 aliphatic heterocycles. The van der Waals surface area contributed by atoms with Gasteiger partial charge in [0.15, 0.2) is 0 Å². The van der Waals surface area contributed by atoms with E-state index < -0.39 is 12.1 Å². The molecule has 0 fully saturated rings. The van der Waals surface area contributed by atoms with Crippen LogP contribution >= 0.6 is 0 Å². The summed E-state index contributed by atoms with van der Waals surface area (Å²) in [7, 11) is 0. The molecule has 0 atom stereocenters. The van der Waals surface area contributed by atoms with Crippen LogP contribution in [0.5, 0.6) is 0 Å². The summed E-state index contributed by atoms with van der Waals surface area (Å²) >= 11 is 0. The zero-order chi connectivity index (χ0) is 12.8. The Labute approximate surface area is 89.5 Å². The molecule has 6 heteroatoms. The van der Waals surface area contributed by atoms with E-state index >= 15 is 0 Å². The summed E-state index contributed by atoms with van der Waals surface area (Å²) in [5, 5.41) is 7.12. The molecule has 0 saturated carbocycles. The van der Waals surface area contributed by atoms with Gasteiger partial charge in [0.05, 0.1) is 0 Å². The summed E-state index contributed by atoms with van der Waals surface area (Å²) in [5.74, 6) is -2.76. The Morgan fingerprint density at radius 1 is 1.31 bits per heavy atom. The van der Waals surface area contributed by atoms with E-state index in [-0.39, 0.29) is 0 Å². The largest absolute Gasteiger partial charge is 0.490 e. The first-order chi connectivity index (χ1) is 7.29. The van der Waals surface area contributed by atoms with Crippen molar-refractivity contribution >= 4 is 12.3 Å². The van der Waals surface area contributed by atoms with Crippen LogP contribution < -0.4 is 0 Å². The van der Waals surface area contributed by atoms with E-state index in [9.17, 15) is 18.0 Å². The van der Waals surface area contributed by atoms with Crippen molar-refractivity contribution in [3.8, 4) is 0 Å². The maximum Gasteiger partial charge on any atom is 0.490 e. The number of benzene rings is 1. The Morgan fingerprint density at radius 3 is 2.00 bits per heavy atom. The highest BCUT2D eigenvalue weighted by Crippen LogP contribution is 2.13. The van der Waals surface area contributed by atoms with Gasteiger partial charge in [0.1, 0.15) is 6.29 Å². The molecule has 88 valence electrons. The summed E-state index contributed by atoms with van der Waals surface area (Å²) in [5.41, 5.74) is 1.81. The molecule has 0 spiro atoms. The molecule has 0 radical (unpaired) electrons. The van der Waals surface area contributed by atoms with Crippen LogP contribution in [-0.4, -0.2) is 23.5 Å². The number of halogens is 3. The van der Waals surface area contributed by atoms with E-state index in [1.165, 1.54) is 0 Å². The van der Waals surface area contributed by atoms with Gasteiger partial charge < -0.3 is 5.11 Å². The number of carbonyl (C=O) groups excluding carboxylic acids is 1. The monoisotopic (exact) mass is 234 g/mol. The first kappa shape index (κ1) is 14.2. The lowest BCUT2D eigenvalue weighted by atomic mass is 10.1. The van der Waals surface area contributed by atoms with Crippen molar-refractivity contribution < 1.29 is 27.9 Å². The van der Waals surface area contributed by atoms with Crippen molar-refractivity contribution in [1.29, 1.82) is 0 Å². The van der Waals surface area contributed by atoms with Crippen molar-refractivity contribution in [3.63, 3.8) is 0 Å². The molecule has 1 aromatic carbocycles. The van der Waals surface area contributed by atoms with Crippen LogP contribution in [-0.2, 0) is 4.79 Å². The van der Waals surface area contributed by atoms with Crippen molar-refractivity contribution in [2.75, 3.05) is 0 Å². The van der Waals surface area contributed by atoms with Gasteiger partial charge in [-0.2, -0.15) is 13.2 Å². The van der Waals surface area contributed by atoms with Crippen molar-refractivity contribution in [3.05, 3.63) is 35.4 Å². The molecule has 0 bridgehead atoms. The minimum Gasteiger partial charge on any atom is -0.475 e. The Morgan fingerprint density at radius 2 is 1.75 bits per heavy atom. The maximum atomic E-state index is 10.6. The smallest absolute Gasteiger partial charge is 0.475 e. The van der Waals surface area contributed by atoms with Crippen LogP contribution in [0, 0.1) is 6.92 Å². The fourth-order valence-corrected chi connectivity index (χ4v) is 0.719. The first-order valence-electron chi connectivity index (χ1n) is 4.10. The van der Waals surface area contributed by atoms with E-state index in [1.807, 2.05) is 31.2 Å². The Kier molecular flexibility index (Phi) is 5.21. The second kappa shape index (κ2) is 5.89. The molecule has 3 nitrogen and oxygen atoms in total. The fourth-order valence-electron chi connectivity index (χ4n) is 0.719. The third-order valence-electron chi connectivity index (χ3n) is 1.56. The van der Waals surface area contributed by atoms with Gasteiger partial charge in [0.2, 0.25) is 0 Å². The highest BCUT2D eigenvalue weighted by atomic mass is 19.4. The Hall–Kier alpha value is -1.85. The van der Waals surface area contributed by atoms with Crippen LogP contribution in [0.3, 0.4) is 0 Å². The van der Waals surface area contributed by atoms with E-state index in [0.717, 1.165) is 17.4 Å². The van der Waals surface area contributed by atoms with Gasteiger partial charge in [-0.1, -0.05) is 24.3 Å². The van der Waals surface area contributed by atoms with E-state index in [1.54, 1.807) is 0 Å². The number of carboxylic acid groups (broad SMARTS) is 1. The molecule has 16 heavy (non-hydrogen) atoms. The summed E-state index contributed by atoms with van der Waals surface area (Å²) < 4.78 is 31.7. The molecule has 0 saturated heterocycles. The molecule has 0 aliphatic carbocycles. The zero-order valence-electron chi connectivity index (χ0n) is 8.28. The van der Waals surface area contributed by atoms with Crippen LogP contribution in [0.1, 0.15) is 15.9 Å². The summed E-state index contributed by atoms with van der Waals surface area (Å²) in [6.07, 6.45) is -4.21. The minimum atomic E-state index is -5.08. The van der Waals surface area contributed by atoms with E-state index in [0.29, 0.717) is 0 Å². The van der Waals surface area contributed by atoms with E-state index in [2.05, 4.69) is 0 Å². The average Bonchev–Trinajstić information content (AvgIpc) is 2.18. The van der Waals surface area contributed by atoms with Gasteiger partial charge in [-0.05, 0) is 12.5 Å². The fraction of sp³-hybridized carbons (Fsp3) is 0.200. The second-order valence-corrected chi connectivity index (χ2v) is 2.78. The predicted molar refractivity (Wildman–Crippen MR) is 50.3 cm³/mol. The quantitative estimate of drug-likeness (QED) is 0.759. The number of hydrogen-bond donors (Lipinski definition) is 1. The molecule has 0 amide bonds. The number of carboxylic acids is 1. The summed E-state index contributed by atoms with van der Waals surface area (Å²) in [4.78, 5) is 19.1. The normalized spacial score (nSPS) is 10.0. The van der Waals surface area contributed by atoms with Gasteiger partial charge >= 0.3 is 12.1 Å². The number of alkyl halides is 3. The highest BCUT2D eigenvalue weighted by Gasteiger charge is 2.38. The Bertz CT molecular complexity index is 372. The highest BCUT2D eigenvalue weighted by molar-refractivity contribution is 5.76. The average molecular weight is 234 g/mol. The van der Waals surface area contributed by atoms with Crippen LogP contribution in [0.25, 0.3) is 0 Å². The Balaban J connectivity index is 0.000000293. The SMILES string of the molecule is Cc1ccccc1C=O.O=C(O)C(F)(F)F. The molecule has 0 heterocycles. The molecule has 0 aliphatic rings. The van der Waals surface area contributed by atoms with Crippen molar-refractivity contribution in [1.82, 2.24) is 0 Å². The summed E-state index contributed by atoms with van der Waals surface area (Å²) in [6.45, 7) is 1.92.